The molecule has 3 aromatic carbocycles. The van der Waals surface area contributed by atoms with Gasteiger partial charge in [0.05, 0.1) is 13.5 Å². The summed E-state index contributed by atoms with van der Waals surface area (Å²) in [6.07, 6.45) is -0.00369. The third-order valence-electron chi connectivity index (χ3n) is 4.98. The summed E-state index contributed by atoms with van der Waals surface area (Å²) >= 11 is 0. The molecule has 0 fully saturated rings. The number of carbonyl (C=O) groups excluding carboxylic acids is 1. The van der Waals surface area contributed by atoms with Gasteiger partial charge in [0.25, 0.3) is 0 Å². The summed E-state index contributed by atoms with van der Waals surface area (Å²) in [5, 5.41) is 20.6. The number of para-hydroxylation sites is 1. The largest absolute Gasteiger partial charge is 0.508 e. The smallest absolute Gasteiger partial charge is 0.174 e. The maximum atomic E-state index is 12.8. The molecule has 0 aliphatic carbocycles. The van der Waals surface area contributed by atoms with E-state index in [-0.39, 0.29) is 29.3 Å². The zero-order valence-electron chi connectivity index (χ0n) is 15.4. The molecule has 0 amide bonds. The first-order valence-electron chi connectivity index (χ1n) is 9.03. The van der Waals surface area contributed by atoms with Crippen LogP contribution in [0.5, 0.6) is 23.0 Å². The summed E-state index contributed by atoms with van der Waals surface area (Å²) in [7, 11) is 1.49. The van der Waals surface area contributed by atoms with Crippen molar-refractivity contribution in [1.29, 1.82) is 0 Å². The Kier molecular flexibility index (Phi) is 4.65. The van der Waals surface area contributed by atoms with Crippen molar-refractivity contribution in [2.75, 3.05) is 7.11 Å². The number of ketones is 1. The molecule has 0 radical (unpaired) electrons. The summed E-state index contributed by atoms with van der Waals surface area (Å²) in [6, 6.07) is 17.9. The molecule has 0 unspecified atom stereocenters. The van der Waals surface area contributed by atoms with Crippen molar-refractivity contribution >= 4 is 5.78 Å². The van der Waals surface area contributed by atoms with Crippen LogP contribution in [0.1, 0.15) is 39.6 Å². The molecule has 0 bridgehead atoms. The molecule has 0 saturated carbocycles. The Hall–Kier alpha value is -3.47. The third-order valence-corrected chi connectivity index (χ3v) is 4.98. The van der Waals surface area contributed by atoms with E-state index in [0.29, 0.717) is 29.0 Å². The maximum Gasteiger partial charge on any atom is 0.174 e. The highest BCUT2D eigenvalue weighted by atomic mass is 16.5. The Morgan fingerprint density at radius 3 is 2.46 bits per heavy atom. The lowest BCUT2D eigenvalue weighted by Crippen LogP contribution is -2.22. The van der Waals surface area contributed by atoms with E-state index >= 15 is 0 Å². The van der Waals surface area contributed by atoms with Crippen molar-refractivity contribution < 1.29 is 24.5 Å². The number of phenols is 2. The van der Waals surface area contributed by atoms with Crippen molar-refractivity contribution in [3.05, 3.63) is 82.9 Å². The van der Waals surface area contributed by atoms with E-state index in [1.165, 1.54) is 13.2 Å². The van der Waals surface area contributed by atoms with Crippen LogP contribution >= 0.6 is 0 Å². The summed E-state index contributed by atoms with van der Waals surface area (Å²) < 4.78 is 11.7. The first-order chi connectivity index (χ1) is 13.6. The van der Waals surface area contributed by atoms with Gasteiger partial charge in [0.1, 0.15) is 34.7 Å². The summed E-state index contributed by atoms with van der Waals surface area (Å²) in [5.41, 5.74) is 2.34. The third kappa shape index (κ3) is 3.16. The van der Waals surface area contributed by atoms with Crippen LogP contribution in [0.3, 0.4) is 0 Å². The molecular formula is C23H20O5. The van der Waals surface area contributed by atoms with Crippen LogP contribution in [0.15, 0.2) is 60.7 Å². The van der Waals surface area contributed by atoms with Crippen LogP contribution < -0.4 is 9.47 Å². The van der Waals surface area contributed by atoms with Gasteiger partial charge in [-0.3, -0.25) is 4.79 Å². The zero-order valence-corrected chi connectivity index (χ0v) is 15.4. The van der Waals surface area contributed by atoms with Gasteiger partial charge in [0.2, 0.25) is 0 Å². The molecule has 0 saturated heterocycles. The van der Waals surface area contributed by atoms with E-state index in [2.05, 4.69) is 0 Å². The van der Waals surface area contributed by atoms with Gasteiger partial charge in [0, 0.05) is 18.1 Å². The zero-order chi connectivity index (χ0) is 19.7. The number of fused-ring (bicyclic) bond motifs is 1. The summed E-state index contributed by atoms with van der Waals surface area (Å²) in [6.45, 7) is 0. The van der Waals surface area contributed by atoms with Gasteiger partial charge in [-0.1, -0.05) is 48.5 Å². The maximum absolute atomic E-state index is 12.8. The molecule has 2 N–H and O–H groups in total. The van der Waals surface area contributed by atoms with Crippen LogP contribution in [0.25, 0.3) is 0 Å². The minimum atomic E-state index is -0.448. The first kappa shape index (κ1) is 17.9. The fraction of sp³-hybridized carbons (Fsp3) is 0.174. The lowest BCUT2D eigenvalue weighted by Gasteiger charge is -2.29. The lowest BCUT2D eigenvalue weighted by atomic mass is 9.91. The number of aromatic hydroxyl groups is 2. The molecule has 0 spiro atoms. The number of hydrogen-bond donors (Lipinski definition) is 2. The van der Waals surface area contributed by atoms with Crippen LogP contribution in [-0.4, -0.2) is 23.1 Å². The van der Waals surface area contributed by atoms with Gasteiger partial charge in [-0.2, -0.15) is 0 Å². The molecule has 142 valence electrons. The van der Waals surface area contributed by atoms with E-state index in [4.69, 9.17) is 9.47 Å². The number of carbonyl (C=O) groups is 1. The van der Waals surface area contributed by atoms with Crippen molar-refractivity contribution in [2.24, 2.45) is 0 Å². The molecule has 1 heterocycles. The van der Waals surface area contributed by atoms with Crippen molar-refractivity contribution in [3.63, 3.8) is 0 Å². The fourth-order valence-electron chi connectivity index (χ4n) is 3.57. The number of benzene rings is 3. The minimum Gasteiger partial charge on any atom is -0.508 e. The average molecular weight is 376 g/mol. The van der Waals surface area contributed by atoms with Gasteiger partial charge >= 0.3 is 0 Å². The molecule has 5 heteroatoms. The quantitative estimate of drug-likeness (QED) is 0.706. The SMILES string of the molecule is COc1cc(O)c2c(c1Cc1ccccc1O)O[C@H](c1ccccc1)CC2=O. The second kappa shape index (κ2) is 7.27. The molecule has 0 aromatic heterocycles. The molecule has 5 nitrogen and oxygen atoms in total. The number of hydrogen-bond acceptors (Lipinski definition) is 5. The van der Waals surface area contributed by atoms with Crippen LogP contribution in [0.4, 0.5) is 0 Å². The van der Waals surface area contributed by atoms with E-state index < -0.39 is 6.10 Å². The number of ether oxygens (including phenoxy) is 2. The topological polar surface area (TPSA) is 76.0 Å². The highest BCUT2D eigenvalue weighted by molar-refractivity contribution is 6.03. The highest BCUT2D eigenvalue weighted by Crippen LogP contribution is 2.46. The highest BCUT2D eigenvalue weighted by Gasteiger charge is 2.34. The molecular weight excluding hydrogens is 356 g/mol. The Labute approximate surface area is 162 Å². The summed E-state index contributed by atoms with van der Waals surface area (Å²) in [4.78, 5) is 12.8. The van der Waals surface area contributed by atoms with E-state index in [1.54, 1.807) is 18.2 Å². The van der Waals surface area contributed by atoms with Gasteiger partial charge in [-0.15, -0.1) is 0 Å². The monoisotopic (exact) mass is 376 g/mol. The number of phenolic OH excluding ortho intramolecular Hbond substituents is 2. The molecule has 4 rings (SSSR count). The molecule has 1 aliphatic rings. The molecule has 1 atom stereocenters. The second-order valence-corrected chi connectivity index (χ2v) is 6.73. The fourth-order valence-corrected chi connectivity index (χ4v) is 3.57. The van der Waals surface area contributed by atoms with Gasteiger partial charge in [-0.05, 0) is 17.2 Å². The molecule has 28 heavy (non-hydrogen) atoms. The standard InChI is InChI=1S/C23H20O5/c1-27-21-13-19(26)22-18(25)12-20(14-7-3-2-4-8-14)28-23(22)16(21)11-15-9-5-6-10-17(15)24/h2-10,13,20,24,26H,11-12H2,1H3/t20-/m0/s1. The Morgan fingerprint density at radius 1 is 1.04 bits per heavy atom. The summed E-state index contributed by atoms with van der Waals surface area (Å²) in [5.74, 6) is 0.512. The average Bonchev–Trinajstić information content (AvgIpc) is 2.71. The predicted octanol–water partition coefficient (Wildman–Crippen LogP) is 4.40. The van der Waals surface area contributed by atoms with Crippen molar-refractivity contribution in [3.8, 4) is 23.0 Å². The van der Waals surface area contributed by atoms with Gasteiger partial charge in [0.15, 0.2) is 5.78 Å². The Morgan fingerprint density at radius 2 is 1.75 bits per heavy atom. The van der Waals surface area contributed by atoms with Gasteiger partial charge in [-0.25, -0.2) is 0 Å². The van der Waals surface area contributed by atoms with E-state index in [0.717, 1.165) is 5.56 Å². The van der Waals surface area contributed by atoms with E-state index in [9.17, 15) is 15.0 Å². The predicted molar refractivity (Wildman–Crippen MR) is 104 cm³/mol. The van der Waals surface area contributed by atoms with Gasteiger partial charge < -0.3 is 19.7 Å². The second-order valence-electron chi connectivity index (χ2n) is 6.73. The van der Waals surface area contributed by atoms with Crippen LogP contribution in [-0.2, 0) is 6.42 Å². The van der Waals surface area contributed by atoms with E-state index in [1.807, 2.05) is 36.4 Å². The van der Waals surface area contributed by atoms with Crippen LogP contribution in [0, 0.1) is 0 Å². The first-order valence-corrected chi connectivity index (χ1v) is 9.03. The Balaban J connectivity index is 1.84. The van der Waals surface area contributed by atoms with Crippen molar-refractivity contribution in [1.82, 2.24) is 0 Å². The normalized spacial score (nSPS) is 15.6. The number of Topliss-reactive ketones (excluding diaryl/α,β-unsaturated/α-hetero) is 1. The van der Waals surface area contributed by atoms with Crippen LogP contribution in [0.2, 0.25) is 0 Å². The molecule has 3 aromatic rings. The number of rotatable bonds is 4. The number of methoxy groups -OCH3 is 1. The molecule has 1 aliphatic heterocycles. The minimum absolute atomic E-state index is 0.146. The van der Waals surface area contributed by atoms with Crippen molar-refractivity contribution in [2.45, 2.75) is 18.9 Å². The Bertz CT molecular complexity index is 1030. The lowest BCUT2D eigenvalue weighted by molar-refractivity contribution is 0.0842.